The number of benzene rings is 2. The van der Waals surface area contributed by atoms with Gasteiger partial charge in [-0.2, -0.15) is 0 Å². The minimum atomic E-state index is -0.884. The van der Waals surface area contributed by atoms with Crippen LogP contribution in [0.1, 0.15) is 5.56 Å². The topological polar surface area (TPSA) is 18.5 Å². The monoisotopic (exact) mass is 260 g/mol. The van der Waals surface area contributed by atoms with Crippen LogP contribution in [0.15, 0.2) is 36.9 Å². The molecule has 0 bridgehead atoms. The molecule has 96 valence electrons. The molecule has 0 aromatic heterocycles. The fourth-order valence-corrected chi connectivity index (χ4v) is 2.04. The summed E-state index contributed by atoms with van der Waals surface area (Å²) in [5.74, 6) is -0.540. The van der Waals surface area contributed by atoms with E-state index >= 15 is 0 Å². The smallest absolute Gasteiger partial charge is 0.231 e. The van der Waals surface area contributed by atoms with Crippen molar-refractivity contribution in [2.24, 2.45) is 0 Å². The summed E-state index contributed by atoms with van der Waals surface area (Å²) in [5.41, 5.74) is 2.06. The van der Waals surface area contributed by atoms with Crippen molar-refractivity contribution in [1.29, 1.82) is 0 Å². The van der Waals surface area contributed by atoms with E-state index in [0.29, 0.717) is 17.1 Å². The zero-order valence-corrected chi connectivity index (χ0v) is 9.95. The molecule has 1 aliphatic heterocycles. The molecule has 0 fully saturated rings. The standard InChI is InChI=1S/C15H10F2O2/c1-2-9-6-14-15(19-8-18-14)7-11(9)10-3-4-12(16)13(17)5-10/h2-7H,1,8H2. The lowest BCUT2D eigenvalue weighted by Gasteiger charge is -2.08. The maximum atomic E-state index is 13.3. The number of hydrogen-bond acceptors (Lipinski definition) is 2. The van der Waals surface area contributed by atoms with E-state index in [-0.39, 0.29) is 6.79 Å². The summed E-state index contributed by atoms with van der Waals surface area (Å²) < 4.78 is 36.9. The van der Waals surface area contributed by atoms with Crippen molar-refractivity contribution in [2.45, 2.75) is 0 Å². The average Bonchev–Trinajstić information content (AvgIpc) is 2.87. The molecule has 2 nitrogen and oxygen atoms in total. The van der Waals surface area contributed by atoms with Crippen LogP contribution in [-0.4, -0.2) is 6.79 Å². The number of halogens is 2. The van der Waals surface area contributed by atoms with Crippen LogP contribution in [-0.2, 0) is 0 Å². The van der Waals surface area contributed by atoms with Crippen molar-refractivity contribution in [2.75, 3.05) is 6.79 Å². The van der Waals surface area contributed by atoms with Crippen LogP contribution in [0.25, 0.3) is 17.2 Å². The largest absolute Gasteiger partial charge is 0.454 e. The van der Waals surface area contributed by atoms with Gasteiger partial charge in [0.15, 0.2) is 23.1 Å². The highest BCUT2D eigenvalue weighted by molar-refractivity contribution is 5.78. The molecule has 2 aromatic rings. The summed E-state index contributed by atoms with van der Waals surface area (Å²) in [7, 11) is 0. The lowest BCUT2D eigenvalue weighted by Crippen LogP contribution is -1.92. The van der Waals surface area contributed by atoms with Gasteiger partial charge in [-0.1, -0.05) is 18.7 Å². The molecule has 3 rings (SSSR count). The maximum absolute atomic E-state index is 13.3. The summed E-state index contributed by atoms with van der Waals surface area (Å²) >= 11 is 0. The Morgan fingerprint density at radius 3 is 2.42 bits per heavy atom. The van der Waals surface area contributed by atoms with E-state index in [1.807, 2.05) is 0 Å². The first kappa shape index (κ1) is 11.7. The third kappa shape index (κ3) is 1.95. The predicted molar refractivity (Wildman–Crippen MR) is 68.0 cm³/mol. The molecule has 0 amide bonds. The molecule has 19 heavy (non-hydrogen) atoms. The average molecular weight is 260 g/mol. The molecule has 4 heteroatoms. The Bertz CT molecular complexity index is 665. The van der Waals surface area contributed by atoms with Gasteiger partial charge >= 0.3 is 0 Å². The van der Waals surface area contributed by atoms with E-state index in [4.69, 9.17) is 9.47 Å². The van der Waals surface area contributed by atoms with E-state index < -0.39 is 11.6 Å². The van der Waals surface area contributed by atoms with Gasteiger partial charge in [0.25, 0.3) is 0 Å². The first-order valence-corrected chi connectivity index (χ1v) is 5.70. The fraction of sp³-hybridized carbons (Fsp3) is 0.0667. The second kappa shape index (κ2) is 4.39. The third-order valence-corrected chi connectivity index (χ3v) is 3.00. The number of hydrogen-bond donors (Lipinski definition) is 0. The van der Waals surface area contributed by atoms with Crippen molar-refractivity contribution < 1.29 is 18.3 Å². The lowest BCUT2D eigenvalue weighted by molar-refractivity contribution is 0.174. The zero-order chi connectivity index (χ0) is 13.4. The van der Waals surface area contributed by atoms with Crippen molar-refractivity contribution in [3.63, 3.8) is 0 Å². The van der Waals surface area contributed by atoms with Gasteiger partial charge in [0.05, 0.1) is 0 Å². The van der Waals surface area contributed by atoms with Crippen LogP contribution in [0, 0.1) is 11.6 Å². The zero-order valence-electron chi connectivity index (χ0n) is 9.95. The Hall–Kier alpha value is -2.36. The van der Waals surface area contributed by atoms with E-state index in [1.54, 1.807) is 18.2 Å². The van der Waals surface area contributed by atoms with Crippen molar-refractivity contribution in [3.05, 3.63) is 54.1 Å². The van der Waals surface area contributed by atoms with Crippen molar-refractivity contribution in [1.82, 2.24) is 0 Å². The van der Waals surface area contributed by atoms with E-state index in [0.717, 1.165) is 23.3 Å². The number of fused-ring (bicyclic) bond motifs is 1. The Morgan fingerprint density at radius 1 is 1.00 bits per heavy atom. The highest BCUT2D eigenvalue weighted by atomic mass is 19.2. The van der Waals surface area contributed by atoms with Gasteiger partial charge in [0.1, 0.15) is 0 Å². The van der Waals surface area contributed by atoms with Crippen LogP contribution in [0.3, 0.4) is 0 Å². The normalized spacial score (nSPS) is 12.5. The van der Waals surface area contributed by atoms with Gasteiger partial charge < -0.3 is 9.47 Å². The Labute approximate surface area is 108 Å². The predicted octanol–water partition coefficient (Wildman–Crippen LogP) is 4.00. The molecule has 0 saturated carbocycles. The second-order valence-electron chi connectivity index (χ2n) is 4.13. The van der Waals surface area contributed by atoms with Gasteiger partial charge in [0, 0.05) is 0 Å². The van der Waals surface area contributed by atoms with Crippen molar-refractivity contribution in [3.8, 4) is 22.6 Å². The van der Waals surface area contributed by atoms with Crippen LogP contribution in [0.2, 0.25) is 0 Å². The summed E-state index contributed by atoms with van der Waals surface area (Å²) in [6, 6.07) is 7.28. The molecule has 0 saturated heterocycles. The second-order valence-corrected chi connectivity index (χ2v) is 4.13. The van der Waals surface area contributed by atoms with Gasteiger partial charge in [-0.25, -0.2) is 8.78 Å². The molecule has 0 N–H and O–H groups in total. The summed E-state index contributed by atoms with van der Waals surface area (Å²) in [4.78, 5) is 0. The Kier molecular flexibility index (Phi) is 2.71. The van der Waals surface area contributed by atoms with Crippen LogP contribution >= 0.6 is 0 Å². The van der Waals surface area contributed by atoms with Crippen LogP contribution in [0.5, 0.6) is 11.5 Å². The third-order valence-electron chi connectivity index (χ3n) is 3.00. The Balaban J connectivity index is 2.18. The molecule has 2 aromatic carbocycles. The molecular formula is C15H10F2O2. The maximum Gasteiger partial charge on any atom is 0.231 e. The molecule has 1 aliphatic rings. The van der Waals surface area contributed by atoms with E-state index in [9.17, 15) is 8.78 Å². The van der Waals surface area contributed by atoms with Gasteiger partial charge in [-0.3, -0.25) is 0 Å². The van der Waals surface area contributed by atoms with Crippen molar-refractivity contribution >= 4 is 6.08 Å². The molecule has 1 heterocycles. The van der Waals surface area contributed by atoms with Gasteiger partial charge in [-0.05, 0) is 41.0 Å². The molecule has 0 aliphatic carbocycles. The Morgan fingerprint density at radius 2 is 1.74 bits per heavy atom. The van der Waals surface area contributed by atoms with Gasteiger partial charge in [-0.15, -0.1) is 0 Å². The first-order valence-electron chi connectivity index (χ1n) is 5.70. The van der Waals surface area contributed by atoms with Crippen LogP contribution < -0.4 is 9.47 Å². The molecule has 0 atom stereocenters. The van der Waals surface area contributed by atoms with Crippen LogP contribution in [0.4, 0.5) is 8.78 Å². The van der Waals surface area contributed by atoms with E-state index in [1.165, 1.54) is 6.07 Å². The highest BCUT2D eigenvalue weighted by Crippen LogP contribution is 2.39. The van der Waals surface area contributed by atoms with Gasteiger partial charge in [0.2, 0.25) is 6.79 Å². The molecule has 0 unspecified atom stereocenters. The highest BCUT2D eigenvalue weighted by Gasteiger charge is 2.17. The first-order chi connectivity index (χ1) is 9.19. The SMILES string of the molecule is C=Cc1cc2c(cc1-c1ccc(F)c(F)c1)OCO2. The quantitative estimate of drug-likeness (QED) is 0.812. The summed E-state index contributed by atoms with van der Waals surface area (Å²) in [6.45, 7) is 3.88. The van der Waals surface area contributed by atoms with E-state index in [2.05, 4.69) is 6.58 Å². The minimum absolute atomic E-state index is 0.160. The molecule has 0 spiro atoms. The summed E-state index contributed by atoms with van der Waals surface area (Å²) in [5, 5.41) is 0. The minimum Gasteiger partial charge on any atom is -0.454 e. The lowest BCUT2D eigenvalue weighted by atomic mass is 9.98. The molecular weight excluding hydrogens is 250 g/mol. The summed E-state index contributed by atoms with van der Waals surface area (Å²) in [6.07, 6.45) is 1.64. The fourth-order valence-electron chi connectivity index (χ4n) is 2.04. The molecule has 0 radical (unpaired) electrons. The number of rotatable bonds is 2. The number of ether oxygens (including phenoxy) is 2.